The number of aliphatic hydroxyl groups excluding tert-OH is 1. The van der Waals surface area contributed by atoms with E-state index in [1.807, 2.05) is 34.2 Å². The Labute approximate surface area is 180 Å². The highest BCUT2D eigenvalue weighted by atomic mass is 16.3. The van der Waals surface area contributed by atoms with Crippen molar-refractivity contribution in [2.24, 2.45) is 11.3 Å². The van der Waals surface area contributed by atoms with Crippen LogP contribution in [0.25, 0.3) is 10.9 Å². The van der Waals surface area contributed by atoms with Gasteiger partial charge in [-0.15, -0.1) is 0 Å². The standard InChI is InChI=1S/C23H24N6O2/c24-9-20-22(26-8-7-25-20)29-12-17-11-28(13-23(17,14-29)15-30)21(31)6-5-16-10-27-19-4-2-1-3-18(16)19/h1-4,7-8,10,17,27,30H,5-6,11-15H2/t17-,23+/m1/s1. The molecule has 0 unspecified atom stereocenters. The van der Waals surface area contributed by atoms with Gasteiger partial charge < -0.3 is 19.9 Å². The van der Waals surface area contributed by atoms with Crippen LogP contribution < -0.4 is 4.90 Å². The molecule has 2 fully saturated rings. The molecule has 2 aliphatic heterocycles. The molecule has 8 heteroatoms. The predicted octanol–water partition coefficient (Wildman–Crippen LogP) is 1.72. The Balaban J connectivity index is 1.26. The molecule has 0 saturated carbocycles. The van der Waals surface area contributed by atoms with Crippen LogP contribution in [-0.2, 0) is 11.2 Å². The molecule has 31 heavy (non-hydrogen) atoms. The Kier molecular flexibility index (Phi) is 4.83. The third-order valence-electron chi connectivity index (χ3n) is 6.79. The molecule has 5 rings (SSSR count). The van der Waals surface area contributed by atoms with Gasteiger partial charge in [0.2, 0.25) is 5.91 Å². The number of nitrogens with one attached hydrogen (secondary N) is 1. The first-order valence-corrected chi connectivity index (χ1v) is 10.5. The first-order chi connectivity index (χ1) is 15.1. The van der Waals surface area contributed by atoms with Gasteiger partial charge in [-0.05, 0) is 18.1 Å². The molecule has 0 spiro atoms. The lowest BCUT2D eigenvalue weighted by molar-refractivity contribution is -0.130. The number of fused-ring (bicyclic) bond motifs is 2. The highest BCUT2D eigenvalue weighted by Gasteiger charge is 2.53. The van der Waals surface area contributed by atoms with E-state index in [1.54, 1.807) is 6.20 Å². The number of likely N-dealkylation sites (tertiary alicyclic amines) is 1. The topological polar surface area (TPSA) is 109 Å². The van der Waals surface area contributed by atoms with E-state index >= 15 is 0 Å². The molecule has 1 amide bonds. The number of anilines is 1. The number of H-pyrrole nitrogens is 1. The van der Waals surface area contributed by atoms with Gasteiger partial charge in [0.15, 0.2) is 11.5 Å². The maximum Gasteiger partial charge on any atom is 0.222 e. The second-order valence-corrected chi connectivity index (χ2v) is 8.57. The van der Waals surface area contributed by atoms with Gasteiger partial charge in [-0.1, -0.05) is 18.2 Å². The summed E-state index contributed by atoms with van der Waals surface area (Å²) >= 11 is 0. The van der Waals surface area contributed by atoms with Crippen molar-refractivity contribution in [1.82, 2.24) is 19.9 Å². The van der Waals surface area contributed by atoms with E-state index in [0.717, 1.165) is 16.5 Å². The van der Waals surface area contributed by atoms with Crippen LogP contribution in [-0.4, -0.2) is 63.7 Å². The van der Waals surface area contributed by atoms with Crippen LogP contribution in [0.3, 0.4) is 0 Å². The van der Waals surface area contributed by atoms with Gasteiger partial charge in [0, 0.05) is 73.4 Å². The van der Waals surface area contributed by atoms with E-state index in [1.165, 1.54) is 6.20 Å². The van der Waals surface area contributed by atoms with Crippen molar-refractivity contribution in [2.45, 2.75) is 12.8 Å². The SMILES string of the molecule is N#Cc1nccnc1N1C[C@H]2CN(C(=O)CCc3c[nH]c4ccccc34)C[C@@]2(CO)C1. The number of nitriles is 1. The largest absolute Gasteiger partial charge is 0.396 e. The van der Waals surface area contributed by atoms with Crippen LogP contribution in [0.4, 0.5) is 5.82 Å². The van der Waals surface area contributed by atoms with Gasteiger partial charge in [0.05, 0.1) is 6.61 Å². The number of nitrogens with zero attached hydrogens (tertiary/aromatic N) is 5. The van der Waals surface area contributed by atoms with E-state index in [9.17, 15) is 15.2 Å². The molecule has 2 atom stereocenters. The van der Waals surface area contributed by atoms with Gasteiger partial charge in [-0.25, -0.2) is 9.97 Å². The number of aliphatic hydroxyl groups is 1. The zero-order valence-electron chi connectivity index (χ0n) is 17.2. The van der Waals surface area contributed by atoms with Crippen LogP contribution in [0.1, 0.15) is 17.7 Å². The zero-order valence-corrected chi connectivity index (χ0v) is 17.2. The fourth-order valence-electron chi connectivity index (χ4n) is 5.13. The predicted molar refractivity (Wildman–Crippen MR) is 115 cm³/mol. The summed E-state index contributed by atoms with van der Waals surface area (Å²) in [6.45, 7) is 2.36. The molecule has 0 radical (unpaired) electrons. The molecule has 4 heterocycles. The van der Waals surface area contributed by atoms with E-state index in [2.05, 4.69) is 27.1 Å². The summed E-state index contributed by atoms with van der Waals surface area (Å²) in [6.07, 6.45) is 6.21. The summed E-state index contributed by atoms with van der Waals surface area (Å²) < 4.78 is 0. The molecule has 1 aromatic carbocycles. The lowest BCUT2D eigenvalue weighted by atomic mass is 9.82. The van der Waals surface area contributed by atoms with Gasteiger partial charge >= 0.3 is 0 Å². The highest BCUT2D eigenvalue weighted by molar-refractivity contribution is 5.84. The third kappa shape index (κ3) is 3.31. The number of carbonyl (C=O) groups is 1. The van der Waals surface area contributed by atoms with Crippen molar-refractivity contribution in [3.63, 3.8) is 0 Å². The quantitative estimate of drug-likeness (QED) is 0.656. The Bertz CT molecular complexity index is 1170. The number of para-hydroxylation sites is 1. The lowest BCUT2D eigenvalue weighted by Crippen LogP contribution is -2.39. The minimum atomic E-state index is -0.388. The minimum Gasteiger partial charge on any atom is -0.396 e. The maximum atomic E-state index is 13.0. The average molecular weight is 416 g/mol. The normalized spacial score (nSPS) is 22.6. The van der Waals surface area contributed by atoms with Crippen molar-refractivity contribution in [2.75, 3.05) is 37.7 Å². The van der Waals surface area contributed by atoms with Crippen molar-refractivity contribution in [3.05, 3.63) is 54.1 Å². The molecule has 2 aliphatic rings. The second-order valence-electron chi connectivity index (χ2n) is 8.57. The maximum absolute atomic E-state index is 13.0. The van der Waals surface area contributed by atoms with Crippen LogP contribution in [0.2, 0.25) is 0 Å². The van der Waals surface area contributed by atoms with Crippen LogP contribution in [0.5, 0.6) is 0 Å². The summed E-state index contributed by atoms with van der Waals surface area (Å²) in [5.41, 5.74) is 2.14. The number of amides is 1. The Morgan fingerprint density at radius 3 is 2.90 bits per heavy atom. The second kappa shape index (κ2) is 7.67. The first-order valence-electron chi connectivity index (χ1n) is 10.5. The van der Waals surface area contributed by atoms with Crippen molar-refractivity contribution in [3.8, 4) is 6.07 Å². The van der Waals surface area contributed by atoms with Crippen LogP contribution in [0, 0.1) is 22.7 Å². The number of rotatable bonds is 5. The molecular formula is C23H24N6O2. The lowest BCUT2D eigenvalue weighted by Gasteiger charge is -2.27. The fraction of sp³-hybridized carbons (Fsp3) is 0.391. The molecule has 158 valence electrons. The highest BCUT2D eigenvalue weighted by Crippen LogP contribution is 2.43. The van der Waals surface area contributed by atoms with Gasteiger partial charge in [0.25, 0.3) is 0 Å². The van der Waals surface area contributed by atoms with Crippen LogP contribution >= 0.6 is 0 Å². The summed E-state index contributed by atoms with van der Waals surface area (Å²) in [5.74, 6) is 0.823. The van der Waals surface area contributed by atoms with Crippen molar-refractivity contribution < 1.29 is 9.90 Å². The number of carbonyl (C=O) groups excluding carboxylic acids is 1. The number of hydrogen-bond acceptors (Lipinski definition) is 6. The van der Waals surface area contributed by atoms with E-state index in [4.69, 9.17) is 0 Å². The Morgan fingerprint density at radius 2 is 2.10 bits per heavy atom. The molecule has 0 bridgehead atoms. The minimum absolute atomic E-state index is 0.00252. The molecule has 8 nitrogen and oxygen atoms in total. The Morgan fingerprint density at radius 1 is 1.26 bits per heavy atom. The van der Waals surface area contributed by atoms with Gasteiger partial charge in [-0.3, -0.25) is 4.79 Å². The van der Waals surface area contributed by atoms with E-state index in [0.29, 0.717) is 50.5 Å². The molecule has 0 aliphatic carbocycles. The van der Waals surface area contributed by atoms with Crippen molar-refractivity contribution in [1.29, 1.82) is 5.26 Å². The summed E-state index contributed by atoms with van der Waals surface area (Å²) in [6, 6.07) is 10.2. The Hall–Kier alpha value is -3.44. The number of aromatic nitrogens is 3. The summed E-state index contributed by atoms with van der Waals surface area (Å²) in [7, 11) is 0. The number of benzene rings is 1. The fourth-order valence-corrected chi connectivity index (χ4v) is 5.13. The van der Waals surface area contributed by atoms with E-state index < -0.39 is 0 Å². The van der Waals surface area contributed by atoms with Crippen molar-refractivity contribution >= 4 is 22.6 Å². The molecule has 2 N–H and O–H groups in total. The third-order valence-corrected chi connectivity index (χ3v) is 6.79. The molecular weight excluding hydrogens is 392 g/mol. The smallest absolute Gasteiger partial charge is 0.222 e. The number of hydrogen-bond donors (Lipinski definition) is 2. The first kappa shape index (κ1) is 19.5. The molecule has 3 aromatic rings. The van der Waals surface area contributed by atoms with Gasteiger partial charge in [0.1, 0.15) is 6.07 Å². The van der Waals surface area contributed by atoms with E-state index in [-0.39, 0.29) is 23.8 Å². The van der Waals surface area contributed by atoms with Crippen LogP contribution in [0.15, 0.2) is 42.9 Å². The molecule has 2 aromatic heterocycles. The number of aromatic amines is 1. The molecule has 2 saturated heterocycles. The summed E-state index contributed by atoms with van der Waals surface area (Å²) in [5, 5.41) is 20.7. The monoisotopic (exact) mass is 416 g/mol. The van der Waals surface area contributed by atoms with Gasteiger partial charge in [-0.2, -0.15) is 5.26 Å². The zero-order chi connectivity index (χ0) is 21.4. The number of aryl methyl sites for hydroxylation is 1. The summed E-state index contributed by atoms with van der Waals surface area (Å²) in [4.78, 5) is 28.6. The average Bonchev–Trinajstić information content (AvgIpc) is 3.48.